The molecule has 0 bridgehead atoms. The fraction of sp³-hybridized carbons (Fsp3) is 0.214. The van der Waals surface area contributed by atoms with E-state index in [0.29, 0.717) is 0 Å². The highest BCUT2D eigenvalue weighted by molar-refractivity contribution is 9.10. The number of hydrogen-bond acceptors (Lipinski definition) is 3. The molecule has 1 aromatic heterocycles. The minimum absolute atomic E-state index is 0.761. The largest absolute Gasteiger partial charge is 0.399 e. The van der Waals surface area contributed by atoms with Gasteiger partial charge in [0, 0.05) is 29.4 Å². The second-order valence-electron chi connectivity index (χ2n) is 4.38. The Labute approximate surface area is 116 Å². The van der Waals surface area contributed by atoms with Crippen molar-refractivity contribution in [3.8, 4) is 0 Å². The summed E-state index contributed by atoms with van der Waals surface area (Å²) in [7, 11) is 2.08. The van der Waals surface area contributed by atoms with Crippen molar-refractivity contribution in [1.29, 1.82) is 0 Å². The number of nitrogens with zero attached hydrogens (tertiary/aromatic N) is 2. The third-order valence-electron chi connectivity index (χ3n) is 2.64. The van der Waals surface area contributed by atoms with E-state index in [4.69, 9.17) is 5.73 Å². The molecule has 0 aliphatic heterocycles. The van der Waals surface area contributed by atoms with Gasteiger partial charge in [-0.3, -0.25) is 9.88 Å². The molecule has 0 amide bonds. The third-order valence-corrected chi connectivity index (χ3v) is 3.17. The first-order valence-electron chi connectivity index (χ1n) is 5.77. The molecule has 0 saturated carbocycles. The molecule has 0 aliphatic rings. The van der Waals surface area contributed by atoms with Crippen LogP contribution in [0, 0.1) is 0 Å². The standard InChI is InChI=1S/C14H16BrN3/c1-18(9-11-2-4-12(15)5-3-11)10-14-8-13(16)6-7-17-14/h2-8H,9-10H2,1H3,(H2,16,17). The van der Waals surface area contributed by atoms with Crippen molar-refractivity contribution in [2.45, 2.75) is 13.1 Å². The van der Waals surface area contributed by atoms with E-state index in [9.17, 15) is 0 Å². The van der Waals surface area contributed by atoms with Crippen molar-refractivity contribution < 1.29 is 0 Å². The monoisotopic (exact) mass is 305 g/mol. The molecule has 0 saturated heterocycles. The van der Waals surface area contributed by atoms with Crippen LogP contribution >= 0.6 is 15.9 Å². The zero-order valence-corrected chi connectivity index (χ0v) is 11.9. The maximum atomic E-state index is 5.74. The van der Waals surface area contributed by atoms with Gasteiger partial charge in [-0.05, 0) is 36.9 Å². The van der Waals surface area contributed by atoms with Crippen LogP contribution in [0.3, 0.4) is 0 Å². The van der Waals surface area contributed by atoms with Crippen molar-refractivity contribution in [2.75, 3.05) is 12.8 Å². The van der Waals surface area contributed by atoms with Crippen LogP contribution in [0.4, 0.5) is 5.69 Å². The zero-order chi connectivity index (χ0) is 13.0. The molecule has 0 atom stereocenters. The Morgan fingerprint density at radius 1 is 1.17 bits per heavy atom. The van der Waals surface area contributed by atoms with Crippen LogP contribution in [0.25, 0.3) is 0 Å². The highest BCUT2D eigenvalue weighted by Crippen LogP contribution is 2.13. The minimum Gasteiger partial charge on any atom is -0.399 e. The van der Waals surface area contributed by atoms with Gasteiger partial charge in [-0.2, -0.15) is 0 Å². The summed E-state index contributed by atoms with van der Waals surface area (Å²) >= 11 is 3.44. The molecular formula is C14H16BrN3. The number of pyridine rings is 1. The minimum atomic E-state index is 0.761. The second-order valence-corrected chi connectivity index (χ2v) is 5.29. The number of nitrogens with two attached hydrogens (primary N) is 1. The van der Waals surface area contributed by atoms with E-state index in [-0.39, 0.29) is 0 Å². The number of rotatable bonds is 4. The first-order valence-corrected chi connectivity index (χ1v) is 6.56. The third kappa shape index (κ3) is 3.82. The van der Waals surface area contributed by atoms with Crippen LogP contribution in [-0.4, -0.2) is 16.9 Å². The Bertz CT molecular complexity index is 511. The molecule has 1 heterocycles. The van der Waals surface area contributed by atoms with Gasteiger partial charge in [-0.15, -0.1) is 0 Å². The van der Waals surface area contributed by atoms with E-state index < -0.39 is 0 Å². The number of hydrogen-bond donors (Lipinski definition) is 1. The topological polar surface area (TPSA) is 42.1 Å². The van der Waals surface area contributed by atoms with Crippen molar-refractivity contribution >= 4 is 21.6 Å². The summed E-state index contributed by atoms with van der Waals surface area (Å²) in [5, 5.41) is 0. The Morgan fingerprint density at radius 3 is 2.56 bits per heavy atom. The molecule has 0 fully saturated rings. The van der Waals surface area contributed by atoms with E-state index >= 15 is 0 Å². The van der Waals surface area contributed by atoms with Gasteiger partial charge in [0.1, 0.15) is 0 Å². The van der Waals surface area contributed by atoms with Gasteiger partial charge in [0.2, 0.25) is 0 Å². The predicted octanol–water partition coefficient (Wildman–Crippen LogP) is 3.06. The molecule has 0 spiro atoms. The summed E-state index contributed by atoms with van der Waals surface area (Å²) in [6.07, 6.45) is 1.75. The van der Waals surface area contributed by atoms with Crippen molar-refractivity contribution in [3.05, 3.63) is 58.3 Å². The van der Waals surface area contributed by atoms with E-state index in [1.54, 1.807) is 12.3 Å². The van der Waals surface area contributed by atoms with Gasteiger partial charge in [-0.25, -0.2) is 0 Å². The molecule has 1 aromatic carbocycles. The molecule has 0 unspecified atom stereocenters. The van der Waals surface area contributed by atoms with Gasteiger partial charge >= 0.3 is 0 Å². The first kappa shape index (κ1) is 13.1. The summed E-state index contributed by atoms with van der Waals surface area (Å²) in [4.78, 5) is 6.52. The number of aromatic nitrogens is 1. The Morgan fingerprint density at radius 2 is 1.89 bits per heavy atom. The summed E-state index contributed by atoms with van der Waals surface area (Å²) in [6.45, 7) is 1.69. The van der Waals surface area contributed by atoms with Gasteiger partial charge in [-0.1, -0.05) is 28.1 Å². The lowest BCUT2D eigenvalue weighted by molar-refractivity contribution is 0.315. The van der Waals surface area contributed by atoms with Crippen molar-refractivity contribution in [2.24, 2.45) is 0 Å². The highest BCUT2D eigenvalue weighted by Gasteiger charge is 2.03. The Hall–Kier alpha value is -1.39. The maximum absolute atomic E-state index is 5.74. The molecule has 2 N–H and O–H groups in total. The summed E-state index contributed by atoms with van der Waals surface area (Å²) < 4.78 is 1.10. The van der Waals surface area contributed by atoms with Gasteiger partial charge in [0.25, 0.3) is 0 Å². The van der Waals surface area contributed by atoms with E-state index in [2.05, 4.69) is 57.1 Å². The molecule has 18 heavy (non-hydrogen) atoms. The average molecular weight is 306 g/mol. The molecule has 4 heteroatoms. The van der Waals surface area contributed by atoms with Gasteiger partial charge in [0.05, 0.1) is 5.69 Å². The van der Waals surface area contributed by atoms with Crippen molar-refractivity contribution in [1.82, 2.24) is 9.88 Å². The summed E-state index contributed by atoms with van der Waals surface area (Å²) in [5.41, 5.74) is 8.78. The number of anilines is 1. The van der Waals surface area contributed by atoms with E-state index in [0.717, 1.165) is 28.9 Å². The summed E-state index contributed by atoms with van der Waals surface area (Å²) in [5.74, 6) is 0. The molecule has 94 valence electrons. The Kier molecular flexibility index (Phi) is 4.33. The zero-order valence-electron chi connectivity index (χ0n) is 10.3. The van der Waals surface area contributed by atoms with Crippen molar-refractivity contribution in [3.63, 3.8) is 0 Å². The highest BCUT2D eigenvalue weighted by atomic mass is 79.9. The second kappa shape index (κ2) is 5.98. The number of benzene rings is 1. The van der Waals surface area contributed by atoms with Crippen LogP contribution in [0.5, 0.6) is 0 Å². The van der Waals surface area contributed by atoms with Gasteiger partial charge < -0.3 is 5.73 Å². The first-order chi connectivity index (χ1) is 8.63. The molecule has 3 nitrogen and oxygen atoms in total. The predicted molar refractivity (Wildman–Crippen MR) is 78.0 cm³/mol. The fourth-order valence-corrected chi connectivity index (χ4v) is 2.08. The fourth-order valence-electron chi connectivity index (χ4n) is 1.82. The van der Waals surface area contributed by atoms with E-state index in [1.807, 2.05) is 6.07 Å². The van der Waals surface area contributed by atoms with Crippen LogP contribution in [0.2, 0.25) is 0 Å². The number of nitrogen functional groups attached to an aromatic ring is 1. The molecular weight excluding hydrogens is 290 g/mol. The lowest BCUT2D eigenvalue weighted by Crippen LogP contribution is -2.18. The molecule has 0 aliphatic carbocycles. The smallest absolute Gasteiger partial charge is 0.0564 e. The van der Waals surface area contributed by atoms with Gasteiger partial charge in [0.15, 0.2) is 0 Å². The van der Waals surface area contributed by atoms with Crippen LogP contribution in [0.1, 0.15) is 11.3 Å². The molecule has 2 rings (SSSR count). The summed E-state index contributed by atoms with van der Waals surface area (Å²) in [6, 6.07) is 12.1. The SMILES string of the molecule is CN(Cc1ccc(Br)cc1)Cc1cc(N)ccn1. The Balaban J connectivity index is 1.96. The normalized spacial score (nSPS) is 10.8. The average Bonchev–Trinajstić information content (AvgIpc) is 2.32. The molecule has 0 radical (unpaired) electrons. The quantitative estimate of drug-likeness (QED) is 0.944. The lowest BCUT2D eigenvalue weighted by Gasteiger charge is -2.16. The van der Waals surface area contributed by atoms with Crippen LogP contribution < -0.4 is 5.73 Å². The van der Waals surface area contributed by atoms with Crippen LogP contribution in [-0.2, 0) is 13.1 Å². The van der Waals surface area contributed by atoms with E-state index in [1.165, 1.54) is 5.56 Å². The number of halogens is 1. The maximum Gasteiger partial charge on any atom is 0.0564 e. The van der Waals surface area contributed by atoms with Crippen LogP contribution in [0.15, 0.2) is 47.1 Å². The molecule has 2 aromatic rings. The lowest BCUT2D eigenvalue weighted by atomic mass is 10.2.